The van der Waals surface area contributed by atoms with Crippen molar-refractivity contribution in [1.29, 1.82) is 0 Å². The number of hydrogen-bond donors (Lipinski definition) is 2. The van der Waals surface area contributed by atoms with Crippen LogP contribution in [0.25, 0.3) is 0 Å². The van der Waals surface area contributed by atoms with E-state index in [1.807, 2.05) is 106 Å². The van der Waals surface area contributed by atoms with Crippen LogP contribution in [0.1, 0.15) is 65.5 Å². The Morgan fingerprint density at radius 2 is 1.37 bits per heavy atom. The van der Waals surface area contributed by atoms with Crippen LogP contribution in [-0.4, -0.2) is 53.0 Å². The number of aryl methyl sites for hydroxylation is 2. The molecule has 11 nitrogen and oxygen atoms in total. The molecule has 11 heteroatoms. The summed E-state index contributed by atoms with van der Waals surface area (Å²) in [5.41, 5.74) is 5.78. The molecular formula is C48H52N4O7. The number of aromatic nitrogens is 1. The van der Waals surface area contributed by atoms with Gasteiger partial charge < -0.3 is 29.7 Å². The molecule has 1 heterocycles. The number of methoxy groups -OCH3 is 1. The third-order valence-electron chi connectivity index (χ3n) is 11.0. The highest BCUT2D eigenvalue weighted by molar-refractivity contribution is 6.01. The summed E-state index contributed by atoms with van der Waals surface area (Å²) in [6.07, 6.45) is 0.602. The van der Waals surface area contributed by atoms with Gasteiger partial charge in [0.1, 0.15) is 37.1 Å². The van der Waals surface area contributed by atoms with E-state index in [1.54, 1.807) is 43.3 Å². The lowest BCUT2D eigenvalue weighted by molar-refractivity contribution is -0.160. The minimum absolute atomic E-state index is 0.0230. The normalized spacial score (nSPS) is 14.2. The summed E-state index contributed by atoms with van der Waals surface area (Å²) in [5, 5.41) is 5.94. The molecule has 0 saturated heterocycles. The number of nitrogens with one attached hydrogen (secondary N) is 2. The number of carbonyl (C=O) groups excluding carboxylic acids is 4. The van der Waals surface area contributed by atoms with E-state index in [0.29, 0.717) is 47.7 Å². The molecule has 1 aromatic heterocycles. The summed E-state index contributed by atoms with van der Waals surface area (Å²) in [4.78, 5) is 64.8. The molecule has 0 bridgehead atoms. The fourth-order valence-electron chi connectivity index (χ4n) is 7.69. The monoisotopic (exact) mass is 796 g/mol. The van der Waals surface area contributed by atoms with Crippen molar-refractivity contribution in [3.05, 3.63) is 161 Å². The largest absolute Gasteiger partial charge is 0.487 e. The molecule has 0 fully saturated rings. The predicted octanol–water partition coefficient (Wildman–Crippen LogP) is 8.08. The molecule has 59 heavy (non-hydrogen) atoms. The molecule has 0 aliphatic heterocycles. The number of benzene rings is 4. The number of para-hydroxylation sites is 2. The van der Waals surface area contributed by atoms with Crippen LogP contribution in [0.2, 0.25) is 0 Å². The predicted molar refractivity (Wildman–Crippen MR) is 225 cm³/mol. The van der Waals surface area contributed by atoms with Crippen molar-refractivity contribution in [3.63, 3.8) is 0 Å². The maximum atomic E-state index is 15.8. The van der Waals surface area contributed by atoms with E-state index in [-0.39, 0.29) is 13.2 Å². The van der Waals surface area contributed by atoms with Crippen LogP contribution in [0.3, 0.4) is 0 Å². The third-order valence-corrected chi connectivity index (χ3v) is 11.0. The number of carbonyl (C=O) groups is 4. The topological polar surface area (TPSA) is 136 Å². The molecule has 0 radical (unpaired) electrons. The van der Waals surface area contributed by atoms with E-state index in [1.165, 1.54) is 12.0 Å². The molecule has 4 aromatic carbocycles. The number of rotatable bonds is 16. The van der Waals surface area contributed by atoms with E-state index < -0.39 is 53.8 Å². The van der Waals surface area contributed by atoms with E-state index in [0.717, 1.165) is 22.3 Å². The maximum absolute atomic E-state index is 15.8. The van der Waals surface area contributed by atoms with E-state index >= 15 is 9.59 Å². The molecule has 0 saturated carbocycles. The number of nitrogens with zero attached hydrogens (tertiary/aromatic N) is 2. The van der Waals surface area contributed by atoms with E-state index in [9.17, 15) is 9.59 Å². The molecule has 5 aromatic rings. The zero-order valence-corrected chi connectivity index (χ0v) is 34.2. The average Bonchev–Trinajstić information content (AvgIpc) is 3.69. The van der Waals surface area contributed by atoms with Crippen molar-refractivity contribution in [2.24, 2.45) is 11.8 Å². The van der Waals surface area contributed by atoms with Crippen LogP contribution < -0.4 is 15.4 Å². The summed E-state index contributed by atoms with van der Waals surface area (Å²) in [5.74, 6) is -2.45. The van der Waals surface area contributed by atoms with Crippen molar-refractivity contribution < 1.29 is 33.4 Å². The molecule has 1 aliphatic rings. The molecule has 3 amide bonds. The Balaban J connectivity index is 1.45. The van der Waals surface area contributed by atoms with Gasteiger partial charge in [-0.3, -0.25) is 14.6 Å². The SMILES string of the molecule is CC[C@H](C)[C@H](C(=O)OC)N(C(=O)[C@H](NC(=O)OCc1ccccc1)C1Cc2ccccc2C1)[C@@H](C(=O)Nc1ccccc1OCc1ccccc1)c1ccc(C)nc1C. The van der Waals surface area contributed by atoms with Gasteiger partial charge in [-0.15, -0.1) is 0 Å². The molecule has 306 valence electrons. The van der Waals surface area contributed by atoms with Gasteiger partial charge in [0, 0.05) is 17.0 Å². The van der Waals surface area contributed by atoms with Crippen LogP contribution in [0, 0.1) is 25.7 Å². The van der Waals surface area contributed by atoms with Gasteiger partial charge in [-0.25, -0.2) is 9.59 Å². The number of fused-ring (bicyclic) bond motifs is 1. The van der Waals surface area contributed by atoms with Crippen molar-refractivity contribution in [3.8, 4) is 5.75 Å². The maximum Gasteiger partial charge on any atom is 0.408 e. The minimum atomic E-state index is -1.41. The zero-order valence-electron chi connectivity index (χ0n) is 34.2. The highest BCUT2D eigenvalue weighted by atomic mass is 16.5. The number of pyridine rings is 1. The fraction of sp³-hybridized carbons (Fsp3) is 0.312. The average molecular weight is 797 g/mol. The van der Waals surface area contributed by atoms with Gasteiger partial charge in [0.05, 0.1) is 12.8 Å². The van der Waals surface area contributed by atoms with Gasteiger partial charge >= 0.3 is 12.1 Å². The van der Waals surface area contributed by atoms with Gasteiger partial charge in [-0.1, -0.05) is 123 Å². The zero-order chi connectivity index (χ0) is 41.9. The number of alkyl carbamates (subject to hydrolysis) is 1. The lowest BCUT2D eigenvalue weighted by Gasteiger charge is -2.41. The standard InChI is InChI=1S/C48H52N4O7/c1-6-31(2)43(47(55)57-5)52(46(54)42(38-27-36-21-13-14-22-37(36)28-38)51-48(56)59-30-35-19-11-8-12-20-35)44(39-26-25-32(3)49-33(39)4)45(53)50-40-23-15-16-24-41(40)58-29-34-17-9-7-10-18-34/h7-26,31,38,42-44H,6,27-30H2,1-5H3,(H,50,53)(H,51,56)/t31-,42+,43+,44+/m0/s1. The first-order chi connectivity index (χ1) is 28.6. The Bertz CT molecular complexity index is 2210. The number of anilines is 1. The minimum Gasteiger partial charge on any atom is -0.487 e. The second kappa shape index (κ2) is 19.8. The number of amides is 3. The molecule has 0 unspecified atom stereocenters. The second-order valence-electron chi connectivity index (χ2n) is 15.0. The first kappa shape index (κ1) is 42.1. The van der Waals surface area contributed by atoms with Gasteiger partial charge in [0.25, 0.3) is 5.91 Å². The van der Waals surface area contributed by atoms with Gasteiger partial charge in [-0.05, 0) is 79.0 Å². The van der Waals surface area contributed by atoms with Crippen molar-refractivity contribution >= 4 is 29.6 Å². The smallest absolute Gasteiger partial charge is 0.408 e. The van der Waals surface area contributed by atoms with Gasteiger partial charge in [0.15, 0.2) is 0 Å². The fourth-order valence-corrected chi connectivity index (χ4v) is 7.69. The van der Waals surface area contributed by atoms with Crippen LogP contribution in [0.4, 0.5) is 10.5 Å². The second-order valence-corrected chi connectivity index (χ2v) is 15.0. The summed E-state index contributed by atoms with van der Waals surface area (Å²) in [6.45, 7) is 7.57. The molecule has 4 atom stereocenters. The third kappa shape index (κ3) is 10.3. The lowest BCUT2D eigenvalue weighted by Crippen LogP contribution is -2.60. The van der Waals surface area contributed by atoms with E-state index in [2.05, 4.69) is 10.6 Å². The first-order valence-corrected chi connectivity index (χ1v) is 20.0. The van der Waals surface area contributed by atoms with Crippen LogP contribution in [0.5, 0.6) is 5.75 Å². The summed E-state index contributed by atoms with van der Waals surface area (Å²) < 4.78 is 17.3. The Morgan fingerprint density at radius 3 is 1.98 bits per heavy atom. The molecule has 6 rings (SSSR count). The molecule has 2 N–H and O–H groups in total. The van der Waals surface area contributed by atoms with Gasteiger partial charge in [0.2, 0.25) is 5.91 Å². The highest BCUT2D eigenvalue weighted by Crippen LogP contribution is 2.36. The summed E-state index contributed by atoms with van der Waals surface area (Å²) in [6, 6.07) is 33.5. The highest BCUT2D eigenvalue weighted by Gasteiger charge is 2.48. The van der Waals surface area contributed by atoms with Crippen LogP contribution in [-0.2, 0) is 49.9 Å². The molecule has 0 spiro atoms. The Kier molecular flexibility index (Phi) is 14.1. The number of ether oxygens (including phenoxy) is 3. The lowest BCUT2D eigenvalue weighted by atomic mass is 9.89. The van der Waals surface area contributed by atoms with Gasteiger partial charge in [-0.2, -0.15) is 0 Å². The van der Waals surface area contributed by atoms with Crippen LogP contribution in [0.15, 0.2) is 121 Å². The quantitative estimate of drug-likeness (QED) is 0.0958. The van der Waals surface area contributed by atoms with Crippen LogP contribution >= 0.6 is 0 Å². The van der Waals surface area contributed by atoms with Crippen molar-refractivity contribution in [1.82, 2.24) is 15.2 Å². The van der Waals surface area contributed by atoms with Crippen molar-refractivity contribution in [2.45, 2.75) is 78.3 Å². The number of esters is 1. The number of hydrogen-bond acceptors (Lipinski definition) is 8. The Hall–Kier alpha value is -6.49. The van der Waals surface area contributed by atoms with Crippen molar-refractivity contribution in [2.75, 3.05) is 12.4 Å². The summed E-state index contributed by atoms with van der Waals surface area (Å²) in [7, 11) is 1.26. The Labute approximate surface area is 346 Å². The van der Waals surface area contributed by atoms with E-state index in [4.69, 9.17) is 19.2 Å². The summed E-state index contributed by atoms with van der Waals surface area (Å²) >= 11 is 0. The Morgan fingerprint density at radius 1 is 0.780 bits per heavy atom. The molecular weight excluding hydrogens is 745 g/mol. The molecule has 1 aliphatic carbocycles. The first-order valence-electron chi connectivity index (χ1n) is 20.0.